The molecular formula is C19H15NO3. The molecule has 1 aliphatic rings. The Morgan fingerprint density at radius 3 is 2.35 bits per heavy atom. The molecule has 2 aromatic rings. The van der Waals surface area contributed by atoms with Crippen LogP contribution in [0.4, 0.5) is 5.69 Å². The molecule has 0 atom stereocenters. The fourth-order valence-electron chi connectivity index (χ4n) is 2.31. The molecule has 114 valence electrons. The second-order valence-corrected chi connectivity index (χ2v) is 5.21. The predicted molar refractivity (Wildman–Crippen MR) is 87.9 cm³/mol. The molecule has 1 N–H and O–H groups in total. The first-order valence-electron chi connectivity index (χ1n) is 7.19. The topological polar surface area (TPSA) is 55.4 Å². The van der Waals surface area contributed by atoms with E-state index in [2.05, 4.69) is 11.9 Å². The van der Waals surface area contributed by atoms with E-state index in [9.17, 15) is 9.59 Å². The Kier molecular flexibility index (Phi) is 4.06. The molecule has 3 rings (SSSR count). The van der Waals surface area contributed by atoms with Gasteiger partial charge in [-0.1, -0.05) is 36.9 Å². The average molecular weight is 305 g/mol. The lowest BCUT2D eigenvalue weighted by atomic mass is 10.0. The van der Waals surface area contributed by atoms with Crippen molar-refractivity contribution in [3.8, 4) is 0 Å². The standard InChI is InChI=1S/C19H15NO3/c1-13-16(12-18(21)23-13)11-14-7-9-17(10-8-14)20-19(22)15-5-3-2-4-6-15/h2-10,12H,1,11H2,(H,20,22). The predicted octanol–water partition coefficient (Wildman–Crippen LogP) is 3.48. The molecule has 0 unspecified atom stereocenters. The Hall–Kier alpha value is -3.14. The van der Waals surface area contributed by atoms with Crippen LogP contribution in [0.15, 0.2) is 78.6 Å². The number of esters is 1. The van der Waals surface area contributed by atoms with Crippen LogP contribution in [-0.2, 0) is 16.0 Å². The van der Waals surface area contributed by atoms with Crippen LogP contribution >= 0.6 is 0 Å². The number of amides is 1. The third-order valence-corrected chi connectivity index (χ3v) is 3.52. The van der Waals surface area contributed by atoms with E-state index in [-0.39, 0.29) is 11.9 Å². The second kappa shape index (κ2) is 6.32. The Morgan fingerprint density at radius 2 is 1.74 bits per heavy atom. The number of carbonyl (C=O) groups is 2. The third-order valence-electron chi connectivity index (χ3n) is 3.52. The largest absolute Gasteiger partial charge is 0.424 e. The maximum atomic E-state index is 12.1. The van der Waals surface area contributed by atoms with Gasteiger partial charge in [0.2, 0.25) is 0 Å². The molecule has 1 heterocycles. The van der Waals surface area contributed by atoms with E-state index < -0.39 is 0 Å². The Morgan fingerprint density at radius 1 is 1.04 bits per heavy atom. The fraction of sp³-hybridized carbons (Fsp3) is 0.0526. The van der Waals surface area contributed by atoms with Gasteiger partial charge in [0.1, 0.15) is 5.76 Å². The zero-order valence-corrected chi connectivity index (χ0v) is 12.4. The smallest absolute Gasteiger partial charge is 0.336 e. The summed E-state index contributed by atoms with van der Waals surface area (Å²) in [5, 5.41) is 2.84. The molecule has 1 amide bonds. The summed E-state index contributed by atoms with van der Waals surface area (Å²) in [6, 6.07) is 16.5. The molecule has 4 nitrogen and oxygen atoms in total. The van der Waals surface area contributed by atoms with Gasteiger partial charge >= 0.3 is 5.97 Å². The molecule has 4 heteroatoms. The molecular weight excluding hydrogens is 290 g/mol. The van der Waals surface area contributed by atoms with E-state index in [4.69, 9.17) is 4.74 Å². The third kappa shape index (κ3) is 3.55. The van der Waals surface area contributed by atoms with Crippen LogP contribution < -0.4 is 5.32 Å². The lowest BCUT2D eigenvalue weighted by molar-refractivity contribution is -0.132. The van der Waals surface area contributed by atoms with Crippen molar-refractivity contribution >= 4 is 17.6 Å². The zero-order valence-electron chi connectivity index (χ0n) is 12.4. The highest BCUT2D eigenvalue weighted by atomic mass is 16.5. The highest BCUT2D eigenvalue weighted by Crippen LogP contribution is 2.22. The van der Waals surface area contributed by atoms with Crippen molar-refractivity contribution < 1.29 is 14.3 Å². The normalized spacial score (nSPS) is 13.5. The number of ether oxygens (including phenoxy) is 1. The van der Waals surface area contributed by atoms with Gasteiger partial charge in [-0.15, -0.1) is 0 Å². The first-order chi connectivity index (χ1) is 11.1. The minimum absolute atomic E-state index is 0.149. The summed E-state index contributed by atoms with van der Waals surface area (Å²) < 4.78 is 4.89. The summed E-state index contributed by atoms with van der Waals surface area (Å²) in [5.74, 6) is -0.127. The van der Waals surface area contributed by atoms with Crippen LogP contribution in [0, 0.1) is 0 Å². The maximum absolute atomic E-state index is 12.1. The van der Waals surface area contributed by atoms with E-state index in [1.54, 1.807) is 12.1 Å². The van der Waals surface area contributed by atoms with E-state index in [1.165, 1.54) is 6.08 Å². The molecule has 0 radical (unpaired) electrons. The lowest BCUT2D eigenvalue weighted by Gasteiger charge is -2.07. The van der Waals surface area contributed by atoms with Gasteiger partial charge in [0, 0.05) is 29.3 Å². The van der Waals surface area contributed by atoms with Gasteiger partial charge in [-0.05, 0) is 29.8 Å². The van der Waals surface area contributed by atoms with Gasteiger partial charge in [-0.2, -0.15) is 0 Å². The molecule has 0 aromatic heterocycles. The highest BCUT2D eigenvalue weighted by molar-refractivity contribution is 6.04. The summed E-state index contributed by atoms with van der Waals surface area (Å²) in [7, 11) is 0. The van der Waals surface area contributed by atoms with Gasteiger partial charge in [0.05, 0.1) is 0 Å². The number of rotatable bonds is 4. The summed E-state index contributed by atoms with van der Waals surface area (Å²) >= 11 is 0. The van der Waals surface area contributed by atoms with E-state index in [0.717, 1.165) is 11.1 Å². The van der Waals surface area contributed by atoms with Crippen LogP contribution in [0.3, 0.4) is 0 Å². The quantitative estimate of drug-likeness (QED) is 0.880. The summed E-state index contributed by atoms with van der Waals surface area (Å²) in [5.41, 5.74) is 3.11. The first kappa shape index (κ1) is 14.8. The van der Waals surface area contributed by atoms with Crippen molar-refractivity contribution in [3.05, 3.63) is 89.7 Å². The zero-order chi connectivity index (χ0) is 16.2. The van der Waals surface area contributed by atoms with Crippen molar-refractivity contribution in [2.45, 2.75) is 6.42 Å². The fourth-order valence-corrected chi connectivity index (χ4v) is 2.31. The number of allylic oxidation sites excluding steroid dienone is 1. The monoisotopic (exact) mass is 305 g/mol. The van der Waals surface area contributed by atoms with E-state index in [1.807, 2.05) is 42.5 Å². The van der Waals surface area contributed by atoms with Gasteiger partial charge in [0.25, 0.3) is 5.91 Å². The van der Waals surface area contributed by atoms with Gasteiger partial charge in [-0.3, -0.25) is 4.79 Å². The summed E-state index contributed by atoms with van der Waals surface area (Å²) in [6.45, 7) is 3.70. The van der Waals surface area contributed by atoms with Gasteiger partial charge < -0.3 is 10.1 Å². The Labute approximate surface area is 134 Å². The van der Waals surface area contributed by atoms with Crippen molar-refractivity contribution in [1.82, 2.24) is 0 Å². The summed E-state index contributed by atoms with van der Waals surface area (Å²) in [6.07, 6.45) is 2.02. The van der Waals surface area contributed by atoms with Crippen molar-refractivity contribution in [2.24, 2.45) is 0 Å². The minimum Gasteiger partial charge on any atom is -0.424 e. The number of hydrogen-bond donors (Lipinski definition) is 1. The van der Waals surface area contributed by atoms with Crippen LogP contribution in [0.5, 0.6) is 0 Å². The van der Waals surface area contributed by atoms with Crippen LogP contribution in [0.2, 0.25) is 0 Å². The number of anilines is 1. The molecule has 0 saturated carbocycles. The van der Waals surface area contributed by atoms with E-state index in [0.29, 0.717) is 23.4 Å². The summed E-state index contributed by atoms with van der Waals surface area (Å²) in [4.78, 5) is 23.2. The maximum Gasteiger partial charge on any atom is 0.336 e. The first-order valence-corrected chi connectivity index (χ1v) is 7.19. The molecule has 2 aromatic carbocycles. The molecule has 1 aliphatic heterocycles. The van der Waals surface area contributed by atoms with Crippen LogP contribution in [0.25, 0.3) is 0 Å². The molecule has 0 spiro atoms. The number of nitrogens with one attached hydrogen (secondary N) is 1. The van der Waals surface area contributed by atoms with Gasteiger partial charge in [-0.25, -0.2) is 4.79 Å². The molecule has 0 fully saturated rings. The van der Waals surface area contributed by atoms with Gasteiger partial charge in [0.15, 0.2) is 0 Å². The van der Waals surface area contributed by atoms with Crippen molar-refractivity contribution in [3.63, 3.8) is 0 Å². The molecule has 23 heavy (non-hydrogen) atoms. The van der Waals surface area contributed by atoms with Crippen LogP contribution in [0.1, 0.15) is 15.9 Å². The SMILES string of the molecule is C=C1OC(=O)C=C1Cc1ccc(NC(=O)c2ccccc2)cc1. The van der Waals surface area contributed by atoms with E-state index >= 15 is 0 Å². The number of hydrogen-bond acceptors (Lipinski definition) is 3. The second-order valence-electron chi connectivity index (χ2n) is 5.21. The number of benzene rings is 2. The van der Waals surface area contributed by atoms with Crippen molar-refractivity contribution in [1.29, 1.82) is 0 Å². The number of carbonyl (C=O) groups excluding carboxylic acids is 2. The Bertz CT molecular complexity index is 789. The number of cyclic esters (lactones) is 1. The average Bonchev–Trinajstić information content (AvgIpc) is 2.87. The molecule has 0 aliphatic carbocycles. The highest BCUT2D eigenvalue weighted by Gasteiger charge is 2.18. The van der Waals surface area contributed by atoms with Crippen LogP contribution in [-0.4, -0.2) is 11.9 Å². The molecule has 0 saturated heterocycles. The molecule has 0 bridgehead atoms. The van der Waals surface area contributed by atoms with Crippen molar-refractivity contribution in [2.75, 3.05) is 5.32 Å². The minimum atomic E-state index is -0.378. The lowest BCUT2D eigenvalue weighted by Crippen LogP contribution is -2.11. The Balaban J connectivity index is 1.66.